The molecule has 2 heterocycles. The Morgan fingerprint density at radius 3 is 2.27 bits per heavy atom. The molecular weight excluding hydrogens is 402 g/mol. The third kappa shape index (κ3) is 4.96. The van der Waals surface area contributed by atoms with Crippen LogP contribution in [0.3, 0.4) is 0 Å². The van der Waals surface area contributed by atoms with Gasteiger partial charge in [-0.15, -0.1) is 0 Å². The first-order chi connectivity index (χ1) is 14.3. The molecule has 0 radical (unpaired) electrons. The molecule has 0 bridgehead atoms. The van der Waals surface area contributed by atoms with E-state index in [-0.39, 0.29) is 6.61 Å². The Morgan fingerprint density at radius 1 is 0.933 bits per heavy atom. The third-order valence-electron chi connectivity index (χ3n) is 5.04. The van der Waals surface area contributed by atoms with Crippen LogP contribution in [0.2, 0.25) is 0 Å². The largest absolute Gasteiger partial charge is 0.388 e. The molecule has 0 aromatic heterocycles. The van der Waals surface area contributed by atoms with Crippen LogP contribution in [0, 0.1) is 11.3 Å². The molecule has 0 spiro atoms. The summed E-state index contributed by atoms with van der Waals surface area (Å²) in [5, 5.41) is 69.0. The molecule has 2 aliphatic heterocycles. The van der Waals surface area contributed by atoms with Crippen molar-refractivity contribution in [3.05, 3.63) is 35.9 Å². The van der Waals surface area contributed by atoms with Crippen molar-refractivity contribution in [2.45, 2.75) is 61.4 Å². The van der Waals surface area contributed by atoms with E-state index in [1.54, 1.807) is 30.3 Å². The predicted octanol–water partition coefficient (Wildman–Crippen LogP) is -2.47. The molecule has 166 valence electrons. The Morgan fingerprint density at radius 2 is 1.60 bits per heavy atom. The van der Waals surface area contributed by atoms with E-state index in [4.69, 9.17) is 18.9 Å². The fraction of sp³-hybridized carbons (Fsp3) is 0.632. The van der Waals surface area contributed by atoms with Gasteiger partial charge in [-0.05, 0) is 5.56 Å². The van der Waals surface area contributed by atoms with Gasteiger partial charge in [-0.1, -0.05) is 30.3 Å². The van der Waals surface area contributed by atoms with Crippen molar-refractivity contribution < 1.29 is 49.6 Å². The number of rotatable bonds is 6. The first-order valence-corrected chi connectivity index (χ1v) is 9.40. The molecule has 0 saturated carbocycles. The molecule has 2 fully saturated rings. The topological polar surface area (TPSA) is 182 Å². The van der Waals surface area contributed by atoms with Gasteiger partial charge in [0.2, 0.25) is 0 Å². The smallest absolute Gasteiger partial charge is 0.188 e. The minimum Gasteiger partial charge on any atom is -0.388 e. The maximum Gasteiger partial charge on any atom is 0.188 e. The van der Waals surface area contributed by atoms with Gasteiger partial charge in [-0.25, -0.2) is 0 Å². The fourth-order valence-electron chi connectivity index (χ4n) is 3.23. The number of benzene rings is 1. The summed E-state index contributed by atoms with van der Waals surface area (Å²) < 4.78 is 21.5. The van der Waals surface area contributed by atoms with Gasteiger partial charge < -0.3 is 49.6 Å². The molecule has 30 heavy (non-hydrogen) atoms. The van der Waals surface area contributed by atoms with Gasteiger partial charge in [0.1, 0.15) is 42.7 Å². The monoisotopic (exact) mass is 427 g/mol. The van der Waals surface area contributed by atoms with E-state index >= 15 is 0 Å². The average molecular weight is 427 g/mol. The lowest BCUT2D eigenvalue weighted by atomic mass is 9.99. The highest BCUT2D eigenvalue weighted by Crippen LogP contribution is 2.28. The quantitative estimate of drug-likeness (QED) is 0.283. The van der Waals surface area contributed by atoms with Crippen LogP contribution in [0.1, 0.15) is 11.7 Å². The standard InChI is InChI=1S/C19H25NO10/c20-6-11(9-4-2-1-3-5-9)29-19-17(26)15(24)14(23)12(30-19)8-28-18-16(25)13(22)10(21)7-27-18/h1-5,10-19,21-26H,7-8H2/t10-,11+,12+,13-,14+,15-,16+,17+,18+,19-/m0/s1. The zero-order valence-electron chi connectivity index (χ0n) is 15.8. The van der Waals surface area contributed by atoms with Crippen molar-refractivity contribution in [3.8, 4) is 6.07 Å². The summed E-state index contributed by atoms with van der Waals surface area (Å²) >= 11 is 0. The summed E-state index contributed by atoms with van der Waals surface area (Å²) in [5.74, 6) is 0. The third-order valence-corrected chi connectivity index (χ3v) is 5.04. The number of hydrogen-bond acceptors (Lipinski definition) is 11. The van der Waals surface area contributed by atoms with E-state index in [2.05, 4.69) is 0 Å². The van der Waals surface area contributed by atoms with Crippen LogP contribution in [0.15, 0.2) is 30.3 Å². The molecule has 1 aromatic rings. The molecule has 3 rings (SSSR count). The van der Waals surface area contributed by atoms with E-state index < -0.39 is 68.0 Å². The molecule has 0 unspecified atom stereocenters. The Bertz CT molecular complexity index is 715. The molecule has 10 atom stereocenters. The van der Waals surface area contributed by atoms with Gasteiger partial charge in [0.25, 0.3) is 0 Å². The lowest BCUT2D eigenvalue weighted by Crippen LogP contribution is -2.60. The maximum absolute atomic E-state index is 10.2. The number of hydrogen-bond donors (Lipinski definition) is 6. The minimum absolute atomic E-state index is 0.273. The van der Waals surface area contributed by atoms with Crippen molar-refractivity contribution in [1.29, 1.82) is 5.26 Å². The number of aliphatic hydroxyl groups excluding tert-OH is 6. The van der Waals surface area contributed by atoms with Gasteiger partial charge >= 0.3 is 0 Å². The number of nitrogens with zero attached hydrogens (tertiary/aromatic N) is 1. The van der Waals surface area contributed by atoms with Crippen LogP contribution in [0.5, 0.6) is 0 Å². The molecular formula is C19H25NO10. The molecule has 1 aromatic carbocycles. The van der Waals surface area contributed by atoms with Gasteiger partial charge in [0.05, 0.1) is 19.3 Å². The summed E-state index contributed by atoms with van der Waals surface area (Å²) in [4.78, 5) is 0. The van der Waals surface area contributed by atoms with Crippen LogP contribution in [-0.2, 0) is 18.9 Å². The Kier molecular flexibility index (Phi) is 7.72. The minimum atomic E-state index is -1.66. The summed E-state index contributed by atoms with van der Waals surface area (Å²) in [6.07, 6.45) is -14.2. The van der Waals surface area contributed by atoms with E-state index in [1.165, 1.54) is 0 Å². The van der Waals surface area contributed by atoms with Crippen LogP contribution in [0.25, 0.3) is 0 Å². The molecule has 6 N–H and O–H groups in total. The van der Waals surface area contributed by atoms with Crippen molar-refractivity contribution in [1.82, 2.24) is 0 Å². The van der Waals surface area contributed by atoms with Crippen LogP contribution in [-0.4, -0.2) is 99.2 Å². The molecule has 11 heteroatoms. The van der Waals surface area contributed by atoms with Crippen molar-refractivity contribution >= 4 is 0 Å². The van der Waals surface area contributed by atoms with Crippen LogP contribution >= 0.6 is 0 Å². The molecule has 0 amide bonds. The Balaban J connectivity index is 1.63. The van der Waals surface area contributed by atoms with Crippen molar-refractivity contribution in [2.75, 3.05) is 13.2 Å². The van der Waals surface area contributed by atoms with Crippen LogP contribution < -0.4 is 0 Å². The Labute approximate surface area is 172 Å². The van der Waals surface area contributed by atoms with Crippen LogP contribution in [0.4, 0.5) is 0 Å². The van der Waals surface area contributed by atoms with Gasteiger partial charge in [0, 0.05) is 0 Å². The normalized spacial score (nSPS) is 40.5. The predicted molar refractivity (Wildman–Crippen MR) is 96.3 cm³/mol. The zero-order valence-corrected chi connectivity index (χ0v) is 15.8. The summed E-state index contributed by atoms with van der Waals surface area (Å²) in [6.45, 7) is -0.678. The Hall–Kier alpha value is -1.69. The second-order valence-corrected chi connectivity index (χ2v) is 7.15. The van der Waals surface area contributed by atoms with Crippen molar-refractivity contribution in [2.24, 2.45) is 0 Å². The summed E-state index contributed by atoms with van der Waals surface area (Å²) in [6, 6.07) is 10.4. The zero-order chi connectivity index (χ0) is 21.8. The molecule has 2 aliphatic rings. The van der Waals surface area contributed by atoms with E-state index in [0.29, 0.717) is 5.56 Å². The average Bonchev–Trinajstić information content (AvgIpc) is 2.76. The first-order valence-electron chi connectivity index (χ1n) is 9.40. The van der Waals surface area contributed by atoms with E-state index in [9.17, 15) is 35.9 Å². The van der Waals surface area contributed by atoms with E-state index in [0.717, 1.165) is 0 Å². The second-order valence-electron chi connectivity index (χ2n) is 7.15. The molecule has 11 nitrogen and oxygen atoms in total. The maximum atomic E-state index is 10.2. The van der Waals surface area contributed by atoms with E-state index in [1.807, 2.05) is 6.07 Å². The van der Waals surface area contributed by atoms with Crippen molar-refractivity contribution in [3.63, 3.8) is 0 Å². The highest BCUT2D eigenvalue weighted by Gasteiger charge is 2.46. The second kappa shape index (κ2) is 10.1. The number of nitriles is 1. The number of ether oxygens (including phenoxy) is 4. The lowest BCUT2D eigenvalue weighted by Gasteiger charge is -2.41. The van der Waals surface area contributed by atoms with Gasteiger partial charge in [-0.3, -0.25) is 0 Å². The highest BCUT2D eigenvalue weighted by molar-refractivity contribution is 5.22. The number of aliphatic hydroxyl groups is 6. The SMILES string of the molecule is N#C[C@@H](O[C@H]1O[C@H](CO[C@H]2OC[C@H](O)[C@H](O)[C@H]2O)[C@@H](O)[C@H](O)[C@H]1O)c1ccccc1. The van der Waals surface area contributed by atoms with Gasteiger partial charge in [0.15, 0.2) is 18.7 Å². The lowest BCUT2D eigenvalue weighted by molar-refractivity contribution is -0.325. The summed E-state index contributed by atoms with van der Waals surface area (Å²) in [7, 11) is 0. The first kappa shape index (κ1) is 23.0. The summed E-state index contributed by atoms with van der Waals surface area (Å²) in [5.41, 5.74) is 0.510. The highest BCUT2D eigenvalue weighted by atomic mass is 16.7. The molecule has 0 aliphatic carbocycles. The fourth-order valence-corrected chi connectivity index (χ4v) is 3.23. The molecule has 2 saturated heterocycles. The van der Waals surface area contributed by atoms with Gasteiger partial charge in [-0.2, -0.15) is 5.26 Å².